The van der Waals surface area contributed by atoms with Crippen LogP contribution in [-0.4, -0.2) is 41.6 Å². The van der Waals surface area contributed by atoms with E-state index in [9.17, 15) is 0 Å². The van der Waals surface area contributed by atoms with Gasteiger partial charge in [-0.2, -0.15) is 5.26 Å². The molecule has 0 spiro atoms. The zero-order valence-corrected chi connectivity index (χ0v) is 12.8. The standard InChI is InChI=1S/C18H22N4/c19-9-13-3-6-18-17(8-13)14(10-21-18)2-1-7-22-15-4-5-16(22)12-20-11-15/h3,6,8,10,15-16,20-21H,1-2,4-5,7,11-12H2. The molecule has 0 saturated carbocycles. The van der Waals surface area contributed by atoms with Gasteiger partial charge in [-0.25, -0.2) is 0 Å². The number of aryl methyl sites for hydroxylation is 1. The first-order valence-electron chi connectivity index (χ1n) is 8.32. The lowest BCUT2D eigenvalue weighted by molar-refractivity contribution is 0.152. The number of H-pyrrole nitrogens is 1. The number of rotatable bonds is 4. The van der Waals surface area contributed by atoms with E-state index in [2.05, 4.69) is 27.5 Å². The Morgan fingerprint density at radius 3 is 2.82 bits per heavy atom. The molecule has 2 unspecified atom stereocenters. The normalized spacial score (nSPS) is 24.7. The maximum atomic E-state index is 9.06. The largest absolute Gasteiger partial charge is 0.361 e. The number of hydrogen-bond acceptors (Lipinski definition) is 3. The molecule has 4 heteroatoms. The molecular formula is C18H22N4. The van der Waals surface area contributed by atoms with E-state index in [0.29, 0.717) is 0 Å². The van der Waals surface area contributed by atoms with E-state index >= 15 is 0 Å². The number of nitrogens with zero attached hydrogens (tertiary/aromatic N) is 2. The van der Waals surface area contributed by atoms with Crippen LogP contribution < -0.4 is 5.32 Å². The fraction of sp³-hybridized carbons (Fsp3) is 0.500. The van der Waals surface area contributed by atoms with Gasteiger partial charge in [0.25, 0.3) is 0 Å². The van der Waals surface area contributed by atoms with Crippen LogP contribution in [0.25, 0.3) is 10.9 Å². The van der Waals surface area contributed by atoms with Crippen molar-refractivity contribution in [1.29, 1.82) is 5.26 Å². The summed E-state index contributed by atoms with van der Waals surface area (Å²) < 4.78 is 0. The third-order valence-electron chi connectivity index (χ3n) is 5.29. The van der Waals surface area contributed by atoms with Crippen molar-refractivity contribution in [2.45, 2.75) is 37.8 Å². The van der Waals surface area contributed by atoms with Gasteiger partial charge in [0.2, 0.25) is 0 Å². The van der Waals surface area contributed by atoms with Gasteiger partial charge in [0.1, 0.15) is 0 Å². The predicted molar refractivity (Wildman–Crippen MR) is 87.7 cm³/mol. The molecule has 2 aliphatic rings. The molecule has 2 fully saturated rings. The van der Waals surface area contributed by atoms with Crippen molar-refractivity contribution in [2.24, 2.45) is 0 Å². The number of piperazine rings is 1. The molecule has 2 aliphatic heterocycles. The van der Waals surface area contributed by atoms with Gasteiger partial charge in [-0.05, 0) is 56.0 Å². The fourth-order valence-electron chi connectivity index (χ4n) is 4.14. The summed E-state index contributed by atoms with van der Waals surface area (Å²) in [5.41, 5.74) is 3.22. The zero-order chi connectivity index (χ0) is 14.9. The molecule has 0 radical (unpaired) electrons. The van der Waals surface area contributed by atoms with Crippen LogP contribution in [0.3, 0.4) is 0 Å². The Labute approximate surface area is 131 Å². The average Bonchev–Trinajstić information content (AvgIpc) is 3.04. The first kappa shape index (κ1) is 13.8. The van der Waals surface area contributed by atoms with Gasteiger partial charge in [-0.3, -0.25) is 4.90 Å². The number of nitriles is 1. The smallest absolute Gasteiger partial charge is 0.0991 e. The van der Waals surface area contributed by atoms with Gasteiger partial charge in [0.15, 0.2) is 0 Å². The van der Waals surface area contributed by atoms with E-state index in [1.807, 2.05) is 18.2 Å². The molecule has 2 bridgehead atoms. The van der Waals surface area contributed by atoms with Gasteiger partial charge in [0, 0.05) is 42.3 Å². The lowest BCUT2D eigenvalue weighted by Crippen LogP contribution is -2.51. The average molecular weight is 294 g/mol. The zero-order valence-electron chi connectivity index (χ0n) is 12.8. The minimum absolute atomic E-state index is 0.744. The quantitative estimate of drug-likeness (QED) is 0.910. The summed E-state index contributed by atoms with van der Waals surface area (Å²) in [5, 5.41) is 13.8. The molecule has 1 aromatic heterocycles. The molecular weight excluding hydrogens is 272 g/mol. The lowest BCUT2D eigenvalue weighted by Gasteiger charge is -2.35. The minimum Gasteiger partial charge on any atom is -0.361 e. The van der Waals surface area contributed by atoms with Crippen molar-refractivity contribution in [3.8, 4) is 6.07 Å². The summed E-state index contributed by atoms with van der Waals surface area (Å²) in [6, 6.07) is 9.64. The van der Waals surface area contributed by atoms with E-state index in [0.717, 1.165) is 42.7 Å². The highest BCUT2D eigenvalue weighted by atomic mass is 15.3. The van der Waals surface area contributed by atoms with Crippen LogP contribution in [-0.2, 0) is 6.42 Å². The van der Waals surface area contributed by atoms with E-state index in [1.165, 1.54) is 36.8 Å². The Hall–Kier alpha value is -1.83. The number of aromatic nitrogens is 1. The number of fused-ring (bicyclic) bond motifs is 3. The van der Waals surface area contributed by atoms with Crippen LogP contribution in [0.5, 0.6) is 0 Å². The second kappa shape index (κ2) is 5.75. The summed E-state index contributed by atoms with van der Waals surface area (Å²) in [6.45, 7) is 3.52. The Morgan fingerprint density at radius 2 is 2.05 bits per heavy atom. The topological polar surface area (TPSA) is 54.9 Å². The highest BCUT2D eigenvalue weighted by molar-refractivity contribution is 5.84. The highest BCUT2D eigenvalue weighted by Crippen LogP contribution is 2.27. The van der Waals surface area contributed by atoms with Crippen LogP contribution in [0.2, 0.25) is 0 Å². The molecule has 0 aliphatic carbocycles. The third-order valence-corrected chi connectivity index (χ3v) is 5.29. The van der Waals surface area contributed by atoms with Crippen molar-refractivity contribution < 1.29 is 0 Å². The molecule has 4 nitrogen and oxygen atoms in total. The first-order valence-corrected chi connectivity index (χ1v) is 8.32. The number of benzene rings is 1. The molecule has 2 N–H and O–H groups in total. The van der Waals surface area contributed by atoms with Gasteiger partial charge in [-0.15, -0.1) is 0 Å². The van der Waals surface area contributed by atoms with Crippen LogP contribution in [0.1, 0.15) is 30.4 Å². The second-order valence-electron chi connectivity index (χ2n) is 6.57. The Morgan fingerprint density at radius 1 is 1.23 bits per heavy atom. The Bertz CT molecular complexity index is 695. The first-order chi connectivity index (χ1) is 10.8. The molecule has 1 aromatic carbocycles. The van der Waals surface area contributed by atoms with Gasteiger partial charge < -0.3 is 10.3 Å². The molecule has 22 heavy (non-hydrogen) atoms. The van der Waals surface area contributed by atoms with Crippen LogP contribution in [0.4, 0.5) is 0 Å². The summed E-state index contributed by atoms with van der Waals surface area (Å²) in [7, 11) is 0. The van der Waals surface area contributed by atoms with Crippen molar-refractivity contribution >= 4 is 10.9 Å². The van der Waals surface area contributed by atoms with Crippen molar-refractivity contribution in [2.75, 3.05) is 19.6 Å². The van der Waals surface area contributed by atoms with Crippen molar-refractivity contribution in [3.05, 3.63) is 35.5 Å². The number of aromatic amines is 1. The Kier molecular flexibility index (Phi) is 3.61. The molecule has 2 atom stereocenters. The van der Waals surface area contributed by atoms with Gasteiger partial charge in [-0.1, -0.05) is 0 Å². The molecule has 2 saturated heterocycles. The fourth-order valence-corrected chi connectivity index (χ4v) is 4.14. The van der Waals surface area contributed by atoms with Crippen molar-refractivity contribution in [3.63, 3.8) is 0 Å². The summed E-state index contributed by atoms with van der Waals surface area (Å²) in [6.07, 6.45) is 7.10. The van der Waals surface area contributed by atoms with Gasteiger partial charge in [0.05, 0.1) is 11.6 Å². The molecule has 4 rings (SSSR count). The SMILES string of the molecule is N#Cc1ccc2[nH]cc(CCCN3C4CCC3CNC4)c2c1. The van der Waals surface area contributed by atoms with E-state index < -0.39 is 0 Å². The maximum absolute atomic E-state index is 9.06. The van der Waals surface area contributed by atoms with Crippen molar-refractivity contribution in [1.82, 2.24) is 15.2 Å². The predicted octanol–water partition coefficient (Wildman–Crippen LogP) is 2.41. The van der Waals surface area contributed by atoms with Crippen LogP contribution in [0.15, 0.2) is 24.4 Å². The van der Waals surface area contributed by atoms with Crippen LogP contribution >= 0.6 is 0 Å². The third kappa shape index (κ3) is 2.41. The summed E-state index contributed by atoms with van der Waals surface area (Å²) >= 11 is 0. The maximum Gasteiger partial charge on any atom is 0.0991 e. The molecule has 0 amide bonds. The second-order valence-corrected chi connectivity index (χ2v) is 6.57. The number of hydrogen-bond donors (Lipinski definition) is 2. The molecule has 3 heterocycles. The van der Waals surface area contributed by atoms with E-state index in [1.54, 1.807) is 0 Å². The highest BCUT2D eigenvalue weighted by Gasteiger charge is 2.35. The summed E-state index contributed by atoms with van der Waals surface area (Å²) in [5.74, 6) is 0. The minimum atomic E-state index is 0.744. The number of nitrogens with one attached hydrogen (secondary N) is 2. The monoisotopic (exact) mass is 294 g/mol. The van der Waals surface area contributed by atoms with E-state index in [-0.39, 0.29) is 0 Å². The molecule has 114 valence electrons. The van der Waals surface area contributed by atoms with E-state index in [4.69, 9.17) is 5.26 Å². The Balaban J connectivity index is 1.43. The van der Waals surface area contributed by atoms with Gasteiger partial charge >= 0.3 is 0 Å². The van der Waals surface area contributed by atoms with Crippen LogP contribution in [0, 0.1) is 11.3 Å². The lowest BCUT2D eigenvalue weighted by atomic mass is 10.1. The molecule has 2 aromatic rings. The summed E-state index contributed by atoms with van der Waals surface area (Å²) in [4.78, 5) is 6.04.